The lowest BCUT2D eigenvalue weighted by atomic mass is 10.3. The van der Waals surface area contributed by atoms with Crippen molar-refractivity contribution in [1.29, 1.82) is 5.41 Å². The minimum Gasteiger partial charge on any atom is -0.358 e. The van der Waals surface area contributed by atoms with E-state index < -0.39 is 5.82 Å². The Morgan fingerprint density at radius 1 is 1.39 bits per heavy atom. The molecular weight excluding hydrogens is 373 g/mol. The molecule has 1 aromatic carbocycles. The number of aromatic amines is 1. The second-order valence-electron chi connectivity index (χ2n) is 4.29. The van der Waals surface area contributed by atoms with Crippen molar-refractivity contribution in [3.8, 4) is 0 Å². The van der Waals surface area contributed by atoms with Crippen molar-refractivity contribution in [2.75, 3.05) is 10.6 Å². The quantitative estimate of drug-likeness (QED) is 0.385. The number of benzene rings is 1. The molecule has 10 nitrogen and oxygen atoms in total. The maximum Gasteiger partial charge on any atom is 0.202 e. The van der Waals surface area contributed by atoms with E-state index in [1.165, 1.54) is 18.2 Å². The van der Waals surface area contributed by atoms with E-state index in [1.54, 1.807) is 0 Å². The van der Waals surface area contributed by atoms with Crippen LogP contribution in [-0.2, 0) is 6.54 Å². The molecule has 0 bridgehead atoms. The predicted octanol–water partition coefficient (Wildman–Crippen LogP) is 1.53. The van der Waals surface area contributed by atoms with Gasteiger partial charge in [-0.2, -0.15) is 0 Å². The van der Waals surface area contributed by atoms with Crippen LogP contribution in [0.4, 0.5) is 15.9 Å². The summed E-state index contributed by atoms with van der Waals surface area (Å²) >= 11 is 3.08. The van der Waals surface area contributed by atoms with E-state index in [9.17, 15) is 4.39 Å². The highest BCUT2D eigenvalue weighted by Gasteiger charge is 2.16. The minimum atomic E-state index is -0.395. The van der Waals surface area contributed by atoms with Gasteiger partial charge in [-0.05, 0) is 54.9 Å². The molecule has 0 radical (unpaired) electrons. The third-order valence-electron chi connectivity index (χ3n) is 2.73. The van der Waals surface area contributed by atoms with Crippen molar-refractivity contribution in [3.05, 3.63) is 40.0 Å². The van der Waals surface area contributed by atoms with Gasteiger partial charge in [-0.3, -0.25) is 5.41 Å². The lowest BCUT2D eigenvalue weighted by molar-refractivity contribution is 0.307. The Bertz CT molecular complexity index is 819. The fraction of sp³-hybridized carbons (Fsp3) is 0.0909. The number of hydrogen-bond acceptors (Lipinski definition) is 8. The standard InChI is InChI=1S/C11H9BrFN9O/c12-6-3-5(1-2-7(6)13)16-10(14)9-11(20-23-19-9)15-4-8-17-21-22-18-8/h1-3H,4H2,(H2,14,16)(H,15,20)(H,17,18,21,22). The summed E-state index contributed by atoms with van der Waals surface area (Å²) in [6.45, 7) is 0.254. The van der Waals surface area contributed by atoms with Gasteiger partial charge in [-0.1, -0.05) is 0 Å². The van der Waals surface area contributed by atoms with Crippen molar-refractivity contribution in [2.24, 2.45) is 0 Å². The molecule has 0 saturated heterocycles. The van der Waals surface area contributed by atoms with Gasteiger partial charge in [0.1, 0.15) is 5.82 Å². The van der Waals surface area contributed by atoms with E-state index in [2.05, 4.69) is 62.1 Å². The van der Waals surface area contributed by atoms with Crippen LogP contribution in [0.2, 0.25) is 0 Å². The smallest absolute Gasteiger partial charge is 0.202 e. The first-order valence-corrected chi connectivity index (χ1v) is 7.03. The van der Waals surface area contributed by atoms with Gasteiger partial charge in [-0.25, -0.2) is 14.1 Å². The van der Waals surface area contributed by atoms with E-state index in [0.29, 0.717) is 11.5 Å². The number of nitrogens with one attached hydrogen (secondary N) is 4. The van der Waals surface area contributed by atoms with Gasteiger partial charge in [0.15, 0.2) is 17.4 Å². The Hall–Kier alpha value is -2.89. The second kappa shape index (κ2) is 6.48. The highest BCUT2D eigenvalue weighted by molar-refractivity contribution is 9.10. The molecule has 0 spiro atoms. The normalized spacial score (nSPS) is 10.5. The molecule has 2 aromatic heterocycles. The number of aromatic nitrogens is 6. The summed E-state index contributed by atoms with van der Waals surface area (Å²) in [7, 11) is 0. The molecule has 4 N–H and O–H groups in total. The molecule has 2 heterocycles. The van der Waals surface area contributed by atoms with Gasteiger partial charge >= 0.3 is 0 Å². The average Bonchev–Trinajstić information content (AvgIpc) is 3.19. The first kappa shape index (κ1) is 15.0. The zero-order valence-electron chi connectivity index (χ0n) is 11.3. The molecule has 0 fully saturated rings. The maximum absolute atomic E-state index is 13.2. The number of nitrogens with zero attached hydrogens (tertiary/aromatic N) is 5. The van der Waals surface area contributed by atoms with Crippen LogP contribution >= 0.6 is 15.9 Å². The second-order valence-corrected chi connectivity index (χ2v) is 5.15. The number of amidine groups is 1. The number of tetrazole rings is 1. The molecule has 23 heavy (non-hydrogen) atoms. The first-order chi connectivity index (χ1) is 11.1. The monoisotopic (exact) mass is 381 g/mol. The molecule has 0 aliphatic rings. The first-order valence-electron chi connectivity index (χ1n) is 6.23. The van der Waals surface area contributed by atoms with E-state index >= 15 is 0 Å². The summed E-state index contributed by atoms with van der Waals surface area (Å²) in [5.74, 6) is 0.275. The average molecular weight is 382 g/mol. The molecule has 0 unspecified atom stereocenters. The van der Waals surface area contributed by atoms with Gasteiger partial charge in [-0.15, -0.1) is 5.10 Å². The van der Waals surface area contributed by atoms with Crippen molar-refractivity contribution in [1.82, 2.24) is 30.9 Å². The van der Waals surface area contributed by atoms with Crippen molar-refractivity contribution in [3.63, 3.8) is 0 Å². The van der Waals surface area contributed by atoms with Crippen molar-refractivity contribution >= 4 is 33.3 Å². The molecule has 0 aliphatic carbocycles. The zero-order chi connectivity index (χ0) is 16.2. The van der Waals surface area contributed by atoms with E-state index in [4.69, 9.17) is 5.41 Å². The number of anilines is 2. The van der Waals surface area contributed by atoms with Gasteiger partial charge in [0.25, 0.3) is 0 Å². The van der Waals surface area contributed by atoms with Crippen molar-refractivity contribution < 1.29 is 9.02 Å². The molecule has 0 atom stereocenters. The number of halogens is 2. The van der Waals surface area contributed by atoms with Crippen molar-refractivity contribution in [2.45, 2.75) is 6.54 Å². The summed E-state index contributed by atoms with van der Waals surface area (Å²) in [6.07, 6.45) is 0. The summed E-state index contributed by atoms with van der Waals surface area (Å²) < 4.78 is 18.1. The van der Waals surface area contributed by atoms with Crippen LogP contribution in [0, 0.1) is 11.2 Å². The van der Waals surface area contributed by atoms with Crippen LogP contribution in [0.1, 0.15) is 11.5 Å². The Morgan fingerprint density at radius 3 is 3.00 bits per heavy atom. The molecule has 0 aliphatic heterocycles. The van der Waals surface area contributed by atoms with Gasteiger partial charge in [0.2, 0.25) is 5.82 Å². The molecule has 0 amide bonds. The minimum absolute atomic E-state index is 0.0667. The SMILES string of the molecule is N=C(Nc1ccc(F)c(Br)c1)c1nonc1NCc1nnn[nH]1. The lowest BCUT2D eigenvalue weighted by Gasteiger charge is -2.07. The van der Waals surface area contributed by atoms with Crippen LogP contribution in [0.25, 0.3) is 0 Å². The van der Waals surface area contributed by atoms with Crippen LogP contribution in [-0.4, -0.2) is 36.8 Å². The van der Waals surface area contributed by atoms with Crippen LogP contribution in [0.3, 0.4) is 0 Å². The Balaban J connectivity index is 1.70. The highest BCUT2D eigenvalue weighted by atomic mass is 79.9. The van der Waals surface area contributed by atoms with E-state index in [1.807, 2.05) is 0 Å². The van der Waals surface area contributed by atoms with Gasteiger partial charge < -0.3 is 10.6 Å². The van der Waals surface area contributed by atoms with Crippen LogP contribution < -0.4 is 10.6 Å². The largest absolute Gasteiger partial charge is 0.358 e. The summed E-state index contributed by atoms with van der Waals surface area (Å²) in [5, 5.41) is 34.2. The number of rotatable bonds is 5. The Labute approximate surface area is 136 Å². The zero-order valence-corrected chi connectivity index (χ0v) is 12.9. The maximum atomic E-state index is 13.2. The molecule has 3 rings (SSSR count). The summed E-state index contributed by atoms with van der Waals surface area (Å²) in [4.78, 5) is 0. The number of H-pyrrole nitrogens is 1. The molecule has 0 saturated carbocycles. The third kappa shape index (κ3) is 3.48. The molecule has 12 heteroatoms. The number of hydrogen-bond donors (Lipinski definition) is 4. The molecule has 118 valence electrons. The fourth-order valence-electron chi connectivity index (χ4n) is 1.67. The van der Waals surface area contributed by atoms with Gasteiger partial charge in [0.05, 0.1) is 11.0 Å². The van der Waals surface area contributed by atoms with Crippen LogP contribution in [0.15, 0.2) is 27.3 Å². The summed E-state index contributed by atoms with van der Waals surface area (Å²) in [6, 6.07) is 4.27. The highest BCUT2D eigenvalue weighted by Crippen LogP contribution is 2.21. The fourth-order valence-corrected chi connectivity index (χ4v) is 2.05. The van der Waals surface area contributed by atoms with Gasteiger partial charge in [0, 0.05) is 5.69 Å². The Morgan fingerprint density at radius 2 is 2.26 bits per heavy atom. The van der Waals surface area contributed by atoms with E-state index in [-0.39, 0.29) is 28.4 Å². The lowest BCUT2D eigenvalue weighted by Crippen LogP contribution is -2.15. The third-order valence-corrected chi connectivity index (χ3v) is 3.33. The Kier molecular flexibility index (Phi) is 4.23. The molecule has 3 aromatic rings. The van der Waals surface area contributed by atoms with E-state index in [0.717, 1.165) is 0 Å². The topological polar surface area (TPSA) is 141 Å². The molecular formula is C11H9BrFN9O. The summed E-state index contributed by atoms with van der Waals surface area (Å²) in [5.41, 5.74) is 0.676. The van der Waals surface area contributed by atoms with Crippen LogP contribution in [0.5, 0.6) is 0 Å². The predicted molar refractivity (Wildman–Crippen MR) is 80.4 cm³/mol.